The highest BCUT2D eigenvalue weighted by Gasteiger charge is 2.25. The van der Waals surface area contributed by atoms with Crippen LogP contribution in [0.2, 0.25) is 5.02 Å². The van der Waals surface area contributed by atoms with Crippen molar-refractivity contribution in [1.82, 2.24) is 5.43 Å². The topological polar surface area (TPSA) is 47.3 Å². The molecule has 0 saturated heterocycles. The van der Waals surface area contributed by atoms with Gasteiger partial charge < -0.3 is 4.74 Å². The number of nitrogens with one attached hydrogen (secondary N) is 1. The summed E-state index contributed by atoms with van der Waals surface area (Å²) in [4.78, 5) is 0. The maximum atomic E-state index is 13.4. The standard InChI is InChI=1S/C14H22ClFN2O/c1-4-19-14(9(2)3)12(18-17)8-10-6-5-7-11(16)13(10)15/h5-7,9,12,14,18H,4,8,17H2,1-3H3. The molecule has 0 aliphatic carbocycles. The van der Waals surface area contributed by atoms with Gasteiger partial charge in [-0.05, 0) is 30.9 Å². The van der Waals surface area contributed by atoms with Crippen LogP contribution in [0.4, 0.5) is 4.39 Å². The Balaban J connectivity index is 2.88. The summed E-state index contributed by atoms with van der Waals surface area (Å²) in [5, 5.41) is 0.154. The van der Waals surface area contributed by atoms with Crippen LogP contribution in [0.25, 0.3) is 0 Å². The predicted molar refractivity (Wildman–Crippen MR) is 76.5 cm³/mol. The number of halogens is 2. The molecule has 2 unspecified atom stereocenters. The van der Waals surface area contributed by atoms with E-state index in [-0.39, 0.29) is 17.2 Å². The van der Waals surface area contributed by atoms with Crippen LogP contribution in [0.1, 0.15) is 26.3 Å². The van der Waals surface area contributed by atoms with E-state index in [0.717, 1.165) is 5.56 Å². The third-order valence-corrected chi connectivity index (χ3v) is 3.52. The number of ether oxygens (including phenoxy) is 1. The fraction of sp³-hybridized carbons (Fsp3) is 0.571. The van der Waals surface area contributed by atoms with Gasteiger partial charge in [-0.25, -0.2) is 4.39 Å². The summed E-state index contributed by atoms with van der Waals surface area (Å²) >= 11 is 5.97. The van der Waals surface area contributed by atoms with Gasteiger partial charge >= 0.3 is 0 Å². The van der Waals surface area contributed by atoms with Crippen LogP contribution in [0, 0.1) is 11.7 Å². The molecular weight excluding hydrogens is 267 g/mol. The van der Waals surface area contributed by atoms with E-state index in [9.17, 15) is 4.39 Å². The molecule has 0 bridgehead atoms. The molecule has 0 radical (unpaired) electrons. The summed E-state index contributed by atoms with van der Waals surface area (Å²) in [5.74, 6) is 5.50. The van der Waals surface area contributed by atoms with E-state index >= 15 is 0 Å². The van der Waals surface area contributed by atoms with Crippen molar-refractivity contribution in [3.63, 3.8) is 0 Å². The zero-order valence-corrected chi connectivity index (χ0v) is 12.4. The van der Waals surface area contributed by atoms with Crippen molar-refractivity contribution in [2.45, 2.75) is 39.3 Å². The first-order valence-electron chi connectivity index (χ1n) is 6.51. The molecule has 1 aromatic rings. The highest BCUT2D eigenvalue weighted by Crippen LogP contribution is 2.23. The number of hydrogen-bond donors (Lipinski definition) is 2. The fourth-order valence-electron chi connectivity index (χ4n) is 2.18. The van der Waals surface area contributed by atoms with Crippen LogP contribution < -0.4 is 11.3 Å². The molecule has 0 aromatic heterocycles. The van der Waals surface area contributed by atoms with Crippen molar-refractivity contribution >= 4 is 11.6 Å². The van der Waals surface area contributed by atoms with Crippen molar-refractivity contribution in [1.29, 1.82) is 0 Å². The molecule has 0 aliphatic heterocycles. The van der Waals surface area contributed by atoms with Gasteiger partial charge in [0, 0.05) is 6.61 Å². The van der Waals surface area contributed by atoms with E-state index in [0.29, 0.717) is 18.9 Å². The first-order chi connectivity index (χ1) is 9.01. The maximum Gasteiger partial charge on any atom is 0.142 e. The summed E-state index contributed by atoms with van der Waals surface area (Å²) in [6, 6.07) is 4.69. The Bertz CT molecular complexity index is 401. The molecule has 3 nitrogen and oxygen atoms in total. The van der Waals surface area contributed by atoms with Gasteiger partial charge in [-0.1, -0.05) is 37.6 Å². The Morgan fingerprint density at radius 1 is 1.42 bits per heavy atom. The number of benzene rings is 1. The highest BCUT2D eigenvalue weighted by atomic mass is 35.5. The van der Waals surface area contributed by atoms with Crippen LogP contribution in [-0.2, 0) is 11.2 Å². The predicted octanol–water partition coefficient (Wildman–Crippen LogP) is 2.91. The monoisotopic (exact) mass is 288 g/mol. The van der Waals surface area contributed by atoms with Crippen molar-refractivity contribution in [2.24, 2.45) is 11.8 Å². The summed E-state index contributed by atoms with van der Waals surface area (Å²) in [5.41, 5.74) is 3.49. The van der Waals surface area contributed by atoms with E-state index < -0.39 is 5.82 Å². The van der Waals surface area contributed by atoms with Gasteiger partial charge in [-0.2, -0.15) is 0 Å². The largest absolute Gasteiger partial charge is 0.377 e. The van der Waals surface area contributed by atoms with Crippen molar-refractivity contribution in [3.8, 4) is 0 Å². The van der Waals surface area contributed by atoms with Crippen LogP contribution in [0.5, 0.6) is 0 Å². The average Bonchev–Trinajstić information content (AvgIpc) is 2.38. The lowest BCUT2D eigenvalue weighted by Gasteiger charge is -2.29. The first-order valence-corrected chi connectivity index (χ1v) is 6.89. The summed E-state index contributed by atoms with van der Waals surface area (Å²) in [6.07, 6.45) is 0.477. The molecule has 108 valence electrons. The Labute approximate surface area is 119 Å². The third kappa shape index (κ3) is 4.42. The zero-order valence-electron chi connectivity index (χ0n) is 11.6. The van der Waals surface area contributed by atoms with Gasteiger partial charge in [0.1, 0.15) is 5.82 Å². The second-order valence-electron chi connectivity index (χ2n) is 4.85. The molecule has 5 heteroatoms. The Hall–Kier alpha value is -0.680. The van der Waals surface area contributed by atoms with Crippen LogP contribution in [0.3, 0.4) is 0 Å². The SMILES string of the molecule is CCOC(C(C)C)C(Cc1cccc(F)c1Cl)NN. The van der Waals surface area contributed by atoms with Gasteiger partial charge in [0.2, 0.25) is 0 Å². The summed E-state index contributed by atoms with van der Waals surface area (Å²) in [7, 11) is 0. The average molecular weight is 289 g/mol. The van der Waals surface area contributed by atoms with Crippen molar-refractivity contribution in [3.05, 3.63) is 34.6 Å². The maximum absolute atomic E-state index is 13.4. The van der Waals surface area contributed by atoms with Crippen LogP contribution in [0.15, 0.2) is 18.2 Å². The number of hydrogen-bond acceptors (Lipinski definition) is 3. The minimum absolute atomic E-state index is 0.0469. The molecule has 3 N–H and O–H groups in total. The molecule has 0 heterocycles. The van der Waals surface area contributed by atoms with Gasteiger partial charge in [0.05, 0.1) is 17.2 Å². The quantitative estimate of drug-likeness (QED) is 0.599. The van der Waals surface area contributed by atoms with E-state index in [1.165, 1.54) is 6.07 Å². The first kappa shape index (κ1) is 16.4. The normalized spacial score (nSPS) is 14.7. The number of nitrogens with two attached hydrogens (primary N) is 1. The second kappa shape index (κ2) is 7.80. The molecule has 2 atom stereocenters. The second-order valence-corrected chi connectivity index (χ2v) is 5.23. The Kier molecular flexibility index (Phi) is 6.72. The smallest absolute Gasteiger partial charge is 0.142 e. The minimum Gasteiger partial charge on any atom is -0.377 e. The minimum atomic E-state index is -0.410. The van der Waals surface area contributed by atoms with Gasteiger partial charge in [0.15, 0.2) is 0 Å². The lowest BCUT2D eigenvalue weighted by Crippen LogP contribution is -2.49. The number of rotatable bonds is 7. The third-order valence-electron chi connectivity index (χ3n) is 3.10. The molecule has 1 rings (SSSR count). The molecule has 0 fully saturated rings. The molecule has 1 aromatic carbocycles. The molecule has 0 aliphatic rings. The van der Waals surface area contributed by atoms with Gasteiger partial charge in [-0.3, -0.25) is 11.3 Å². The van der Waals surface area contributed by atoms with Crippen molar-refractivity contribution < 1.29 is 9.13 Å². The lowest BCUT2D eigenvalue weighted by molar-refractivity contribution is 0.00355. The molecule has 0 spiro atoms. The van der Waals surface area contributed by atoms with E-state index in [2.05, 4.69) is 19.3 Å². The number of hydrazine groups is 1. The summed E-state index contributed by atoms with van der Waals surface area (Å²) < 4.78 is 19.1. The Morgan fingerprint density at radius 2 is 2.11 bits per heavy atom. The molecular formula is C14H22ClFN2O. The van der Waals surface area contributed by atoms with Crippen LogP contribution in [-0.4, -0.2) is 18.8 Å². The lowest BCUT2D eigenvalue weighted by atomic mass is 9.94. The zero-order chi connectivity index (χ0) is 14.4. The van der Waals surface area contributed by atoms with E-state index in [1.807, 2.05) is 6.92 Å². The molecule has 0 saturated carbocycles. The molecule has 19 heavy (non-hydrogen) atoms. The Morgan fingerprint density at radius 3 is 2.63 bits per heavy atom. The summed E-state index contributed by atoms with van der Waals surface area (Å²) in [6.45, 7) is 6.69. The fourth-order valence-corrected chi connectivity index (χ4v) is 2.38. The molecule has 0 amide bonds. The van der Waals surface area contributed by atoms with Crippen molar-refractivity contribution in [2.75, 3.05) is 6.61 Å². The highest BCUT2D eigenvalue weighted by molar-refractivity contribution is 6.31. The van der Waals surface area contributed by atoms with E-state index in [4.69, 9.17) is 22.2 Å². The van der Waals surface area contributed by atoms with Gasteiger partial charge in [-0.15, -0.1) is 0 Å². The van der Waals surface area contributed by atoms with E-state index in [1.54, 1.807) is 12.1 Å². The van der Waals surface area contributed by atoms with Gasteiger partial charge in [0.25, 0.3) is 0 Å². The van der Waals surface area contributed by atoms with Crippen LogP contribution >= 0.6 is 11.6 Å².